The highest BCUT2D eigenvalue weighted by molar-refractivity contribution is 5.98. The van der Waals surface area contributed by atoms with Crippen LogP contribution in [0.1, 0.15) is 55.3 Å². The fraction of sp³-hybridized carbons (Fsp3) is 0.619. The van der Waals surface area contributed by atoms with Crippen molar-refractivity contribution in [1.29, 1.82) is 0 Å². The van der Waals surface area contributed by atoms with Crippen LogP contribution in [0, 0.1) is 11.8 Å². The molecule has 6 heteroatoms. The molecule has 148 valence electrons. The Labute approximate surface area is 160 Å². The normalized spacial score (nSPS) is 26.9. The van der Waals surface area contributed by atoms with E-state index in [9.17, 15) is 9.59 Å². The largest absolute Gasteiger partial charge is 0.493 e. The van der Waals surface area contributed by atoms with E-state index >= 15 is 0 Å². The molecule has 2 atom stereocenters. The minimum Gasteiger partial charge on any atom is -0.493 e. The Hall–Kier alpha value is -2.08. The van der Waals surface area contributed by atoms with E-state index in [2.05, 4.69) is 5.32 Å². The Bertz CT molecular complexity index is 677. The van der Waals surface area contributed by atoms with Crippen LogP contribution in [0.5, 0.6) is 11.5 Å². The van der Waals surface area contributed by atoms with Crippen molar-refractivity contribution < 1.29 is 19.1 Å². The standard InChI is InChI=1S/C21H30N2O4/c1-26-18-8-6-13(12-19(18)27-2)17(24)7-9-20(25)23-21-14-4-3-5-15(21)11-16(22)10-14/h6,8,12,14-16,21H,3-5,7,9-11,22H2,1-2H3,(H,23,25). The molecule has 2 bridgehead atoms. The van der Waals surface area contributed by atoms with Crippen molar-refractivity contribution >= 4 is 11.7 Å². The molecule has 0 saturated heterocycles. The summed E-state index contributed by atoms with van der Waals surface area (Å²) in [5, 5.41) is 3.20. The number of hydrogen-bond acceptors (Lipinski definition) is 5. The van der Waals surface area contributed by atoms with Crippen LogP contribution < -0.4 is 20.5 Å². The molecular formula is C21H30N2O4. The highest BCUT2D eigenvalue weighted by atomic mass is 16.5. The molecule has 3 N–H and O–H groups in total. The molecule has 0 aromatic heterocycles. The number of benzene rings is 1. The van der Waals surface area contributed by atoms with E-state index in [0.717, 1.165) is 25.7 Å². The fourth-order valence-electron chi connectivity index (χ4n) is 4.66. The predicted molar refractivity (Wildman–Crippen MR) is 103 cm³/mol. The molecule has 2 aliphatic carbocycles. The van der Waals surface area contributed by atoms with Crippen molar-refractivity contribution in [1.82, 2.24) is 5.32 Å². The summed E-state index contributed by atoms with van der Waals surface area (Å²) in [4.78, 5) is 24.9. The van der Waals surface area contributed by atoms with Gasteiger partial charge in [-0.1, -0.05) is 6.42 Å². The van der Waals surface area contributed by atoms with Crippen molar-refractivity contribution in [3.63, 3.8) is 0 Å². The molecule has 1 aromatic carbocycles. The molecule has 6 nitrogen and oxygen atoms in total. The number of carbonyl (C=O) groups is 2. The van der Waals surface area contributed by atoms with Gasteiger partial charge in [-0.2, -0.15) is 0 Å². The first kappa shape index (κ1) is 19.7. The van der Waals surface area contributed by atoms with Crippen LogP contribution in [0.3, 0.4) is 0 Å². The quantitative estimate of drug-likeness (QED) is 0.716. The van der Waals surface area contributed by atoms with Crippen LogP contribution in [0.4, 0.5) is 0 Å². The van der Waals surface area contributed by atoms with Gasteiger partial charge in [-0.05, 0) is 55.7 Å². The predicted octanol–water partition coefficient (Wildman–Crippen LogP) is 2.69. The second-order valence-corrected chi connectivity index (χ2v) is 7.77. The molecule has 1 aromatic rings. The van der Waals surface area contributed by atoms with Gasteiger partial charge in [-0.15, -0.1) is 0 Å². The maximum absolute atomic E-state index is 12.5. The Balaban J connectivity index is 1.54. The molecule has 2 aliphatic rings. The van der Waals surface area contributed by atoms with Crippen molar-refractivity contribution in [3.05, 3.63) is 23.8 Å². The van der Waals surface area contributed by atoms with Crippen molar-refractivity contribution in [2.45, 2.75) is 57.0 Å². The number of fused-ring (bicyclic) bond motifs is 2. The van der Waals surface area contributed by atoms with Gasteiger partial charge >= 0.3 is 0 Å². The molecule has 2 unspecified atom stereocenters. The number of ketones is 1. The summed E-state index contributed by atoms with van der Waals surface area (Å²) in [6.45, 7) is 0. The number of carbonyl (C=O) groups excluding carboxylic acids is 2. The average molecular weight is 374 g/mol. The van der Waals surface area contributed by atoms with Crippen LogP contribution in [-0.4, -0.2) is 38.0 Å². The first-order valence-corrected chi connectivity index (χ1v) is 9.82. The molecule has 1 amide bonds. The first-order valence-electron chi connectivity index (χ1n) is 9.82. The van der Waals surface area contributed by atoms with Crippen LogP contribution >= 0.6 is 0 Å². The zero-order valence-electron chi connectivity index (χ0n) is 16.2. The molecular weight excluding hydrogens is 344 g/mol. The van der Waals surface area contributed by atoms with Crippen molar-refractivity contribution in [3.8, 4) is 11.5 Å². The van der Waals surface area contributed by atoms with E-state index < -0.39 is 0 Å². The average Bonchev–Trinajstić information content (AvgIpc) is 2.66. The topological polar surface area (TPSA) is 90.7 Å². The Morgan fingerprint density at radius 1 is 1.07 bits per heavy atom. The van der Waals surface area contributed by atoms with Gasteiger partial charge in [0.25, 0.3) is 0 Å². The Kier molecular flexibility index (Phi) is 6.37. The number of ether oxygens (including phenoxy) is 2. The monoisotopic (exact) mass is 374 g/mol. The number of Topliss-reactive ketones (excluding diaryl/α,β-unsaturated/α-hetero) is 1. The lowest BCUT2D eigenvalue weighted by Gasteiger charge is -2.45. The smallest absolute Gasteiger partial charge is 0.220 e. The lowest BCUT2D eigenvalue weighted by Crippen LogP contribution is -2.53. The first-order chi connectivity index (χ1) is 13.0. The highest BCUT2D eigenvalue weighted by Gasteiger charge is 2.39. The van der Waals surface area contributed by atoms with E-state index in [4.69, 9.17) is 15.2 Å². The summed E-state index contributed by atoms with van der Waals surface area (Å²) in [5.41, 5.74) is 6.68. The molecule has 2 saturated carbocycles. The van der Waals surface area contributed by atoms with E-state index in [1.807, 2.05) is 0 Å². The zero-order valence-corrected chi connectivity index (χ0v) is 16.2. The van der Waals surface area contributed by atoms with Crippen molar-refractivity contribution in [2.24, 2.45) is 17.6 Å². The van der Waals surface area contributed by atoms with Gasteiger partial charge in [0.05, 0.1) is 14.2 Å². The maximum atomic E-state index is 12.5. The third kappa shape index (κ3) is 4.61. The Morgan fingerprint density at radius 2 is 1.74 bits per heavy atom. The van der Waals surface area contributed by atoms with E-state index in [-0.39, 0.29) is 36.6 Å². The maximum Gasteiger partial charge on any atom is 0.220 e. The van der Waals surface area contributed by atoms with Gasteiger partial charge in [-0.25, -0.2) is 0 Å². The molecule has 27 heavy (non-hydrogen) atoms. The zero-order chi connectivity index (χ0) is 19.4. The number of nitrogens with one attached hydrogen (secondary N) is 1. The number of rotatable bonds is 7. The fourth-order valence-corrected chi connectivity index (χ4v) is 4.66. The molecule has 3 rings (SSSR count). The van der Waals surface area contributed by atoms with Gasteiger partial charge in [-0.3, -0.25) is 9.59 Å². The van der Waals surface area contributed by atoms with Gasteiger partial charge < -0.3 is 20.5 Å². The number of nitrogens with two attached hydrogens (primary N) is 1. The van der Waals surface area contributed by atoms with Crippen LogP contribution in [0.25, 0.3) is 0 Å². The third-order valence-electron chi connectivity index (χ3n) is 5.99. The molecule has 0 aliphatic heterocycles. The van der Waals surface area contributed by atoms with Crippen molar-refractivity contribution in [2.75, 3.05) is 14.2 Å². The SMILES string of the molecule is COc1ccc(C(=O)CCC(=O)NC2C3CCCC2CC(N)C3)cc1OC. The summed E-state index contributed by atoms with van der Waals surface area (Å²) in [5.74, 6) is 1.95. The van der Waals surface area contributed by atoms with E-state index in [1.165, 1.54) is 13.5 Å². The van der Waals surface area contributed by atoms with E-state index in [1.54, 1.807) is 25.3 Å². The lowest BCUT2D eigenvalue weighted by molar-refractivity contribution is -0.123. The summed E-state index contributed by atoms with van der Waals surface area (Å²) < 4.78 is 10.4. The third-order valence-corrected chi connectivity index (χ3v) is 5.99. The second-order valence-electron chi connectivity index (χ2n) is 7.77. The highest BCUT2D eigenvalue weighted by Crippen LogP contribution is 2.39. The number of hydrogen-bond donors (Lipinski definition) is 2. The van der Waals surface area contributed by atoms with Gasteiger partial charge in [0.1, 0.15) is 0 Å². The summed E-state index contributed by atoms with van der Waals surface area (Å²) in [6.07, 6.45) is 5.88. The van der Waals surface area contributed by atoms with Gasteiger partial charge in [0.2, 0.25) is 5.91 Å². The minimum atomic E-state index is -0.0723. The molecule has 0 spiro atoms. The summed E-state index contributed by atoms with van der Waals surface area (Å²) in [6, 6.07) is 5.56. The van der Waals surface area contributed by atoms with Gasteiger partial charge in [0, 0.05) is 30.5 Å². The minimum absolute atomic E-state index is 0.0406. The van der Waals surface area contributed by atoms with E-state index in [0.29, 0.717) is 28.9 Å². The van der Waals surface area contributed by atoms with Crippen LogP contribution in [0.15, 0.2) is 18.2 Å². The molecule has 0 heterocycles. The molecule has 2 fully saturated rings. The second kappa shape index (κ2) is 8.74. The number of amides is 1. The van der Waals surface area contributed by atoms with Crippen LogP contribution in [0.2, 0.25) is 0 Å². The Morgan fingerprint density at radius 3 is 2.37 bits per heavy atom. The molecule has 0 radical (unpaired) electrons. The summed E-state index contributed by atoms with van der Waals surface area (Å²) in [7, 11) is 3.09. The van der Waals surface area contributed by atoms with Crippen LogP contribution in [-0.2, 0) is 4.79 Å². The lowest BCUT2D eigenvalue weighted by atomic mass is 9.67. The summed E-state index contributed by atoms with van der Waals surface area (Å²) >= 11 is 0. The van der Waals surface area contributed by atoms with Gasteiger partial charge in [0.15, 0.2) is 17.3 Å². The number of methoxy groups -OCH3 is 2.